The lowest BCUT2D eigenvalue weighted by atomic mass is 10.2. The van der Waals surface area contributed by atoms with Crippen molar-refractivity contribution in [1.29, 1.82) is 0 Å². The molecule has 0 aliphatic carbocycles. The van der Waals surface area contributed by atoms with Gasteiger partial charge in [-0.1, -0.05) is 6.07 Å². The monoisotopic (exact) mass is 284 g/mol. The Labute approximate surface area is 114 Å². The molecule has 2 N–H and O–H groups in total. The minimum absolute atomic E-state index is 0.0973. The first kappa shape index (κ1) is 14.3. The van der Waals surface area contributed by atoms with Crippen molar-refractivity contribution >= 4 is 15.7 Å². The summed E-state index contributed by atoms with van der Waals surface area (Å²) in [6, 6.07) is 4.98. The Balaban J connectivity index is 2.39. The highest BCUT2D eigenvalue weighted by Gasteiger charge is 2.33. The van der Waals surface area contributed by atoms with Gasteiger partial charge in [0.2, 0.25) is 10.0 Å². The van der Waals surface area contributed by atoms with Gasteiger partial charge in [0.1, 0.15) is 0 Å². The predicted molar refractivity (Wildman–Crippen MR) is 74.4 cm³/mol. The molecule has 1 fully saturated rings. The molecule has 2 atom stereocenters. The second-order valence-electron chi connectivity index (χ2n) is 5.05. The first-order chi connectivity index (χ1) is 8.82. The van der Waals surface area contributed by atoms with E-state index in [9.17, 15) is 8.42 Å². The van der Waals surface area contributed by atoms with Crippen LogP contribution in [-0.4, -0.2) is 38.0 Å². The Bertz CT molecular complexity index is 561. The molecular formula is C13H20N2O3S. The third kappa shape index (κ3) is 2.75. The van der Waals surface area contributed by atoms with Gasteiger partial charge >= 0.3 is 0 Å². The molecule has 0 radical (unpaired) electrons. The number of nitrogen functional groups attached to an aromatic ring is 1. The van der Waals surface area contributed by atoms with E-state index in [4.69, 9.17) is 10.5 Å². The second-order valence-corrected chi connectivity index (χ2v) is 6.96. The van der Waals surface area contributed by atoms with Crippen molar-refractivity contribution in [2.75, 3.05) is 18.8 Å². The van der Waals surface area contributed by atoms with E-state index in [1.165, 1.54) is 4.31 Å². The van der Waals surface area contributed by atoms with E-state index in [1.807, 2.05) is 13.8 Å². The van der Waals surface area contributed by atoms with Crippen LogP contribution in [0.4, 0.5) is 5.69 Å². The van der Waals surface area contributed by atoms with Gasteiger partial charge in [-0.3, -0.25) is 0 Å². The Hall–Kier alpha value is -1.11. The standard InChI is InChI=1S/C13H20N2O3S/c1-9-7-15(8-10(2)18-9)19(16,17)13-6-4-5-12(14)11(13)3/h4-6,9-10H,7-8,14H2,1-3H3. The minimum atomic E-state index is -3.51. The normalized spacial score (nSPS) is 25.4. The van der Waals surface area contributed by atoms with Gasteiger partial charge in [-0.2, -0.15) is 4.31 Å². The largest absolute Gasteiger partial charge is 0.398 e. The van der Waals surface area contributed by atoms with Gasteiger partial charge in [0.15, 0.2) is 0 Å². The zero-order valence-corrected chi connectivity index (χ0v) is 12.3. The van der Waals surface area contributed by atoms with Crippen molar-refractivity contribution in [2.45, 2.75) is 37.9 Å². The fourth-order valence-electron chi connectivity index (χ4n) is 2.38. The molecule has 5 nitrogen and oxygen atoms in total. The predicted octanol–water partition coefficient (Wildman–Crippen LogP) is 1.38. The lowest BCUT2D eigenvalue weighted by molar-refractivity contribution is -0.0440. The summed E-state index contributed by atoms with van der Waals surface area (Å²) < 4.78 is 32.4. The van der Waals surface area contributed by atoms with Crippen LogP contribution in [0.3, 0.4) is 0 Å². The molecule has 1 aromatic carbocycles. The summed E-state index contributed by atoms with van der Waals surface area (Å²) in [7, 11) is -3.51. The maximum Gasteiger partial charge on any atom is 0.243 e. The highest BCUT2D eigenvalue weighted by molar-refractivity contribution is 7.89. The van der Waals surface area contributed by atoms with Crippen molar-refractivity contribution in [3.05, 3.63) is 23.8 Å². The maximum absolute atomic E-state index is 12.7. The molecule has 1 aliphatic rings. The number of hydrogen-bond donors (Lipinski definition) is 1. The molecule has 2 unspecified atom stereocenters. The van der Waals surface area contributed by atoms with E-state index < -0.39 is 10.0 Å². The van der Waals surface area contributed by atoms with Crippen molar-refractivity contribution in [2.24, 2.45) is 0 Å². The highest BCUT2D eigenvalue weighted by Crippen LogP contribution is 2.26. The van der Waals surface area contributed by atoms with Crippen LogP contribution in [0.2, 0.25) is 0 Å². The summed E-state index contributed by atoms with van der Waals surface area (Å²) in [6.07, 6.45) is -0.195. The topological polar surface area (TPSA) is 72.6 Å². The zero-order chi connectivity index (χ0) is 14.2. The van der Waals surface area contributed by atoms with Crippen LogP contribution in [0.1, 0.15) is 19.4 Å². The van der Waals surface area contributed by atoms with E-state index in [-0.39, 0.29) is 17.1 Å². The summed E-state index contributed by atoms with van der Waals surface area (Å²) in [6.45, 7) is 6.24. The number of rotatable bonds is 2. The fraction of sp³-hybridized carbons (Fsp3) is 0.538. The molecular weight excluding hydrogens is 264 g/mol. The van der Waals surface area contributed by atoms with Crippen LogP contribution >= 0.6 is 0 Å². The summed E-state index contributed by atoms with van der Waals surface area (Å²) in [5.74, 6) is 0. The number of hydrogen-bond acceptors (Lipinski definition) is 4. The molecule has 106 valence electrons. The SMILES string of the molecule is Cc1c(N)cccc1S(=O)(=O)N1CC(C)OC(C)C1. The van der Waals surface area contributed by atoms with Crippen molar-refractivity contribution in [1.82, 2.24) is 4.31 Å². The number of nitrogens with two attached hydrogens (primary N) is 1. The average Bonchev–Trinajstić information content (AvgIpc) is 2.31. The van der Waals surface area contributed by atoms with Gasteiger partial charge in [-0.05, 0) is 38.5 Å². The Morgan fingerprint density at radius 1 is 1.26 bits per heavy atom. The van der Waals surface area contributed by atoms with Crippen LogP contribution in [0.15, 0.2) is 23.1 Å². The van der Waals surface area contributed by atoms with Gasteiger partial charge < -0.3 is 10.5 Å². The van der Waals surface area contributed by atoms with Crippen LogP contribution < -0.4 is 5.73 Å². The second kappa shape index (κ2) is 5.11. The molecule has 0 bridgehead atoms. The van der Waals surface area contributed by atoms with Crippen LogP contribution in [0.5, 0.6) is 0 Å². The highest BCUT2D eigenvalue weighted by atomic mass is 32.2. The summed E-state index contributed by atoms with van der Waals surface area (Å²) >= 11 is 0. The third-order valence-corrected chi connectivity index (χ3v) is 5.31. The summed E-state index contributed by atoms with van der Waals surface area (Å²) in [5.41, 5.74) is 6.90. The Morgan fingerprint density at radius 3 is 2.42 bits per heavy atom. The van der Waals surface area contributed by atoms with Gasteiger partial charge in [-0.15, -0.1) is 0 Å². The third-order valence-electron chi connectivity index (χ3n) is 3.33. The fourth-order valence-corrected chi connectivity index (χ4v) is 4.22. The smallest absolute Gasteiger partial charge is 0.243 e. The molecule has 1 heterocycles. The first-order valence-electron chi connectivity index (χ1n) is 6.33. The molecule has 1 saturated heterocycles. The number of ether oxygens (including phenoxy) is 1. The minimum Gasteiger partial charge on any atom is -0.398 e. The molecule has 0 aromatic heterocycles. The molecule has 0 amide bonds. The van der Waals surface area contributed by atoms with Crippen LogP contribution in [0, 0.1) is 6.92 Å². The quantitative estimate of drug-likeness (QED) is 0.833. The van der Waals surface area contributed by atoms with Crippen LogP contribution in [-0.2, 0) is 14.8 Å². The number of anilines is 1. The molecule has 19 heavy (non-hydrogen) atoms. The number of benzene rings is 1. The van der Waals surface area contributed by atoms with E-state index in [2.05, 4.69) is 0 Å². The first-order valence-corrected chi connectivity index (χ1v) is 7.77. The number of sulfonamides is 1. The van der Waals surface area contributed by atoms with Crippen molar-refractivity contribution in [3.63, 3.8) is 0 Å². The summed E-state index contributed by atoms with van der Waals surface area (Å²) in [5, 5.41) is 0. The van der Waals surface area contributed by atoms with Gasteiger partial charge in [0.05, 0.1) is 17.1 Å². The Kier molecular flexibility index (Phi) is 3.85. The van der Waals surface area contributed by atoms with Crippen molar-refractivity contribution < 1.29 is 13.2 Å². The lowest BCUT2D eigenvalue weighted by Crippen LogP contribution is -2.48. The molecule has 6 heteroatoms. The van der Waals surface area contributed by atoms with Crippen LogP contribution in [0.25, 0.3) is 0 Å². The molecule has 0 spiro atoms. The van der Waals surface area contributed by atoms with E-state index in [0.29, 0.717) is 24.3 Å². The van der Waals surface area contributed by atoms with E-state index in [0.717, 1.165) is 0 Å². The average molecular weight is 284 g/mol. The molecule has 0 saturated carbocycles. The molecule has 1 aliphatic heterocycles. The van der Waals surface area contributed by atoms with E-state index >= 15 is 0 Å². The number of nitrogens with zero attached hydrogens (tertiary/aromatic N) is 1. The van der Waals surface area contributed by atoms with Gasteiger partial charge in [0.25, 0.3) is 0 Å². The lowest BCUT2D eigenvalue weighted by Gasteiger charge is -2.34. The zero-order valence-electron chi connectivity index (χ0n) is 11.5. The van der Waals surface area contributed by atoms with Gasteiger partial charge in [-0.25, -0.2) is 8.42 Å². The van der Waals surface area contributed by atoms with Gasteiger partial charge in [0, 0.05) is 18.8 Å². The Morgan fingerprint density at radius 2 is 1.84 bits per heavy atom. The van der Waals surface area contributed by atoms with Crippen molar-refractivity contribution in [3.8, 4) is 0 Å². The maximum atomic E-state index is 12.7. The summed E-state index contributed by atoms with van der Waals surface area (Å²) in [4.78, 5) is 0.286. The number of morpholine rings is 1. The molecule has 2 rings (SSSR count). The molecule has 1 aromatic rings. The van der Waals surface area contributed by atoms with E-state index in [1.54, 1.807) is 25.1 Å².